The average molecular weight is 288 g/mol. The first-order valence-electron chi connectivity index (χ1n) is 6.30. The summed E-state index contributed by atoms with van der Waals surface area (Å²) in [6.45, 7) is 5.24. The lowest BCUT2D eigenvalue weighted by Gasteiger charge is -2.06. The zero-order valence-corrected chi connectivity index (χ0v) is 12.5. The maximum absolute atomic E-state index is 12.0. The van der Waals surface area contributed by atoms with Crippen molar-refractivity contribution in [3.05, 3.63) is 45.4 Å². The van der Waals surface area contributed by atoms with Gasteiger partial charge in [0.05, 0.1) is 17.0 Å². The van der Waals surface area contributed by atoms with E-state index in [2.05, 4.69) is 10.3 Å². The SMILES string of the molecule is CC(=O)c1sc(CC(=O)Nc2ccccc2C)nc1C. The smallest absolute Gasteiger partial charge is 0.231 e. The Kier molecular flexibility index (Phi) is 4.29. The van der Waals surface area contributed by atoms with Crippen molar-refractivity contribution >= 4 is 28.7 Å². The Morgan fingerprint density at radius 2 is 1.95 bits per heavy atom. The van der Waals surface area contributed by atoms with Crippen LogP contribution in [0.15, 0.2) is 24.3 Å². The largest absolute Gasteiger partial charge is 0.325 e. The van der Waals surface area contributed by atoms with E-state index in [1.54, 1.807) is 6.92 Å². The van der Waals surface area contributed by atoms with Gasteiger partial charge in [0.25, 0.3) is 0 Å². The number of carbonyl (C=O) groups excluding carboxylic acids is 2. The highest BCUT2D eigenvalue weighted by Gasteiger charge is 2.14. The molecule has 20 heavy (non-hydrogen) atoms. The third-order valence-corrected chi connectivity index (χ3v) is 4.15. The van der Waals surface area contributed by atoms with Gasteiger partial charge < -0.3 is 5.32 Å². The van der Waals surface area contributed by atoms with Crippen molar-refractivity contribution in [1.29, 1.82) is 0 Å². The highest BCUT2D eigenvalue weighted by atomic mass is 32.1. The van der Waals surface area contributed by atoms with E-state index in [1.165, 1.54) is 18.3 Å². The van der Waals surface area contributed by atoms with Crippen molar-refractivity contribution < 1.29 is 9.59 Å². The average Bonchev–Trinajstić information content (AvgIpc) is 2.73. The van der Waals surface area contributed by atoms with Crippen molar-refractivity contribution in [2.24, 2.45) is 0 Å². The van der Waals surface area contributed by atoms with Gasteiger partial charge in [-0.25, -0.2) is 4.98 Å². The minimum Gasteiger partial charge on any atom is -0.325 e. The summed E-state index contributed by atoms with van der Waals surface area (Å²) in [5.74, 6) is -0.131. The number of amides is 1. The molecule has 5 heteroatoms. The van der Waals surface area contributed by atoms with Crippen LogP contribution >= 0.6 is 11.3 Å². The predicted octanol–water partition coefficient (Wildman–Crippen LogP) is 3.14. The molecule has 2 aromatic rings. The summed E-state index contributed by atoms with van der Waals surface area (Å²) < 4.78 is 0. The highest BCUT2D eigenvalue weighted by molar-refractivity contribution is 7.13. The van der Waals surface area contributed by atoms with Crippen molar-refractivity contribution in [2.45, 2.75) is 27.2 Å². The zero-order chi connectivity index (χ0) is 14.7. The fourth-order valence-corrected chi connectivity index (χ4v) is 2.86. The molecular formula is C15H16N2O2S. The van der Waals surface area contributed by atoms with Gasteiger partial charge in [-0.05, 0) is 25.5 Å². The Morgan fingerprint density at radius 3 is 2.55 bits per heavy atom. The molecule has 4 nitrogen and oxygen atoms in total. The number of aryl methyl sites for hydroxylation is 2. The van der Waals surface area contributed by atoms with Crippen LogP contribution in [0.5, 0.6) is 0 Å². The third-order valence-electron chi connectivity index (χ3n) is 2.89. The summed E-state index contributed by atoms with van der Waals surface area (Å²) >= 11 is 1.29. The van der Waals surface area contributed by atoms with E-state index in [4.69, 9.17) is 0 Å². The lowest BCUT2D eigenvalue weighted by Crippen LogP contribution is -2.14. The van der Waals surface area contributed by atoms with Crippen LogP contribution in [-0.2, 0) is 11.2 Å². The molecular weight excluding hydrogens is 272 g/mol. The van der Waals surface area contributed by atoms with Gasteiger partial charge in [0, 0.05) is 12.6 Å². The van der Waals surface area contributed by atoms with Crippen LogP contribution in [-0.4, -0.2) is 16.7 Å². The monoisotopic (exact) mass is 288 g/mol. The van der Waals surface area contributed by atoms with Gasteiger partial charge in [-0.2, -0.15) is 0 Å². The summed E-state index contributed by atoms with van der Waals surface area (Å²) in [7, 11) is 0. The van der Waals surface area contributed by atoms with Gasteiger partial charge in [-0.3, -0.25) is 9.59 Å². The van der Waals surface area contributed by atoms with Crippen molar-refractivity contribution in [1.82, 2.24) is 4.98 Å². The van der Waals surface area contributed by atoms with Crippen LogP contribution in [0.4, 0.5) is 5.69 Å². The zero-order valence-electron chi connectivity index (χ0n) is 11.7. The van der Waals surface area contributed by atoms with Crippen molar-refractivity contribution in [3.8, 4) is 0 Å². The lowest BCUT2D eigenvalue weighted by atomic mass is 10.2. The van der Waals surface area contributed by atoms with Gasteiger partial charge >= 0.3 is 0 Å². The van der Waals surface area contributed by atoms with Crippen LogP contribution < -0.4 is 5.32 Å². The van der Waals surface area contributed by atoms with Crippen molar-refractivity contribution in [3.63, 3.8) is 0 Å². The summed E-state index contributed by atoms with van der Waals surface area (Å²) in [4.78, 5) is 28.3. The number of rotatable bonds is 4. The topological polar surface area (TPSA) is 59.1 Å². The van der Waals surface area contributed by atoms with E-state index in [0.29, 0.717) is 15.6 Å². The number of Topliss-reactive ketones (excluding diaryl/α,β-unsaturated/α-hetero) is 1. The molecule has 0 saturated heterocycles. The minimum absolute atomic E-state index is 0.00874. The molecule has 0 aliphatic heterocycles. The second kappa shape index (κ2) is 5.96. The fourth-order valence-electron chi connectivity index (χ4n) is 1.90. The number of aromatic nitrogens is 1. The molecule has 0 aliphatic rings. The number of hydrogen-bond donors (Lipinski definition) is 1. The van der Waals surface area contributed by atoms with Gasteiger partial charge in [0.1, 0.15) is 5.01 Å². The molecule has 1 aromatic heterocycles. The van der Waals surface area contributed by atoms with Gasteiger partial charge in [0.15, 0.2) is 5.78 Å². The number of benzene rings is 1. The molecule has 0 bridgehead atoms. The lowest BCUT2D eigenvalue weighted by molar-refractivity contribution is -0.115. The number of para-hydroxylation sites is 1. The van der Waals surface area contributed by atoms with E-state index in [1.807, 2.05) is 31.2 Å². The van der Waals surface area contributed by atoms with Crippen LogP contribution in [0.3, 0.4) is 0 Å². The Balaban J connectivity index is 2.07. The highest BCUT2D eigenvalue weighted by Crippen LogP contribution is 2.20. The van der Waals surface area contributed by atoms with Crippen LogP contribution in [0.2, 0.25) is 0 Å². The first-order chi connectivity index (χ1) is 9.47. The van der Waals surface area contributed by atoms with Gasteiger partial charge in [0.2, 0.25) is 5.91 Å². The second-order valence-electron chi connectivity index (χ2n) is 4.62. The molecule has 2 rings (SSSR count). The van der Waals surface area contributed by atoms with Crippen LogP contribution in [0.1, 0.15) is 32.9 Å². The van der Waals surface area contributed by atoms with Crippen LogP contribution in [0.25, 0.3) is 0 Å². The third kappa shape index (κ3) is 3.30. The molecule has 0 radical (unpaired) electrons. The summed E-state index contributed by atoms with van der Waals surface area (Å²) in [5.41, 5.74) is 2.51. The molecule has 0 aliphatic carbocycles. The molecule has 1 aromatic carbocycles. The molecule has 104 valence electrons. The molecule has 0 atom stereocenters. The van der Waals surface area contributed by atoms with Gasteiger partial charge in [-0.1, -0.05) is 18.2 Å². The molecule has 1 amide bonds. The maximum Gasteiger partial charge on any atom is 0.231 e. The Bertz CT molecular complexity index is 662. The Labute approximate surface area is 121 Å². The normalized spacial score (nSPS) is 10.3. The quantitative estimate of drug-likeness (QED) is 0.879. The molecule has 0 fully saturated rings. The molecule has 0 unspecified atom stereocenters. The maximum atomic E-state index is 12.0. The molecule has 0 spiro atoms. The summed E-state index contributed by atoms with van der Waals surface area (Å²) in [6.07, 6.45) is 0.188. The first kappa shape index (κ1) is 14.4. The predicted molar refractivity (Wildman–Crippen MR) is 80.4 cm³/mol. The van der Waals surface area contributed by atoms with E-state index < -0.39 is 0 Å². The number of thiazole rings is 1. The number of carbonyl (C=O) groups is 2. The van der Waals surface area contributed by atoms with E-state index in [-0.39, 0.29) is 18.1 Å². The number of nitrogens with one attached hydrogen (secondary N) is 1. The minimum atomic E-state index is -0.122. The number of anilines is 1. The number of nitrogens with zero attached hydrogens (tertiary/aromatic N) is 1. The van der Waals surface area contributed by atoms with Crippen LogP contribution in [0, 0.1) is 13.8 Å². The number of ketones is 1. The molecule has 1 heterocycles. The Hall–Kier alpha value is -2.01. The summed E-state index contributed by atoms with van der Waals surface area (Å²) in [6, 6.07) is 7.61. The van der Waals surface area contributed by atoms with Crippen molar-refractivity contribution in [2.75, 3.05) is 5.32 Å². The van der Waals surface area contributed by atoms with E-state index in [0.717, 1.165) is 11.3 Å². The molecule has 1 N–H and O–H groups in total. The standard InChI is InChI=1S/C15H16N2O2S/c1-9-6-4-5-7-12(9)17-13(19)8-14-16-10(2)15(20-14)11(3)18/h4-7H,8H2,1-3H3,(H,17,19). The van der Waals surface area contributed by atoms with E-state index in [9.17, 15) is 9.59 Å². The fraction of sp³-hybridized carbons (Fsp3) is 0.267. The second-order valence-corrected chi connectivity index (χ2v) is 5.70. The summed E-state index contributed by atoms with van der Waals surface area (Å²) in [5, 5.41) is 3.52. The number of hydrogen-bond acceptors (Lipinski definition) is 4. The van der Waals surface area contributed by atoms with E-state index >= 15 is 0 Å². The molecule has 0 saturated carbocycles. The van der Waals surface area contributed by atoms with Gasteiger partial charge in [-0.15, -0.1) is 11.3 Å². The Morgan fingerprint density at radius 1 is 1.25 bits per heavy atom. The first-order valence-corrected chi connectivity index (χ1v) is 7.11.